The molecule has 2 aliphatic rings. The number of carbonyl (C=O) groups excluding carboxylic acids is 1. The highest BCUT2D eigenvalue weighted by Gasteiger charge is 2.54. The molecule has 0 N–H and O–H groups in total. The molecule has 2 aliphatic heterocycles. The third-order valence-corrected chi connectivity index (χ3v) is 5.03. The molecular weight excluding hydrogens is 342 g/mol. The number of thiazole rings is 1. The molecule has 0 radical (unpaired) electrons. The highest BCUT2D eigenvalue weighted by molar-refractivity contribution is 9.11. The molecule has 5 nitrogen and oxygen atoms in total. The largest absolute Gasteiger partial charge is 0.444 e. The summed E-state index contributed by atoms with van der Waals surface area (Å²) in [7, 11) is 0. The van der Waals surface area contributed by atoms with Gasteiger partial charge in [0.2, 0.25) is 0 Å². The summed E-state index contributed by atoms with van der Waals surface area (Å²) in [6.07, 6.45) is 1.64. The molecule has 0 aliphatic carbocycles. The molecule has 0 bridgehead atoms. The lowest BCUT2D eigenvalue weighted by Gasteiger charge is -2.59. The number of hydrogen-bond donors (Lipinski definition) is 0. The van der Waals surface area contributed by atoms with Crippen molar-refractivity contribution in [2.75, 3.05) is 31.1 Å². The molecule has 1 aromatic heterocycles. The second kappa shape index (κ2) is 4.59. The molecule has 0 unspecified atom stereocenters. The zero-order chi connectivity index (χ0) is 14.5. The van der Waals surface area contributed by atoms with Gasteiger partial charge in [-0.25, -0.2) is 9.78 Å². The minimum atomic E-state index is -0.418. The summed E-state index contributed by atoms with van der Waals surface area (Å²) < 4.78 is 6.43. The predicted molar refractivity (Wildman–Crippen MR) is 82.3 cm³/mol. The maximum absolute atomic E-state index is 11.9. The van der Waals surface area contributed by atoms with Gasteiger partial charge in [0, 0.05) is 31.6 Å². The van der Waals surface area contributed by atoms with Crippen molar-refractivity contribution in [3.05, 3.63) is 9.98 Å². The van der Waals surface area contributed by atoms with Crippen molar-refractivity contribution in [3.8, 4) is 0 Å². The van der Waals surface area contributed by atoms with E-state index in [2.05, 4.69) is 25.8 Å². The van der Waals surface area contributed by atoms with Crippen molar-refractivity contribution in [3.63, 3.8) is 0 Å². The number of ether oxygens (including phenoxy) is 1. The fourth-order valence-corrected chi connectivity index (χ4v) is 3.89. The molecule has 0 atom stereocenters. The smallest absolute Gasteiger partial charge is 0.410 e. The van der Waals surface area contributed by atoms with Crippen LogP contribution in [0.2, 0.25) is 0 Å². The van der Waals surface area contributed by atoms with Crippen molar-refractivity contribution in [1.82, 2.24) is 9.88 Å². The van der Waals surface area contributed by atoms with E-state index >= 15 is 0 Å². The maximum Gasteiger partial charge on any atom is 0.410 e. The molecule has 0 saturated carbocycles. The number of likely N-dealkylation sites (tertiary alicyclic amines) is 1. The van der Waals surface area contributed by atoms with Crippen LogP contribution in [0.3, 0.4) is 0 Å². The van der Waals surface area contributed by atoms with E-state index in [0.29, 0.717) is 0 Å². The Labute approximate surface area is 131 Å². The van der Waals surface area contributed by atoms with Crippen molar-refractivity contribution < 1.29 is 9.53 Å². The van der Waals surface area contributed by atoms with Crippen LogP contribution in [-0.2, 0) is 4.74 Å². The van der Waals surface area contributed by atoms with Gasteiger partial charge < -0.3 is 14.5 Å². The summed E-state index contributed by atoms with van der Waals surface area (Å²) in [5.41, 5.74) is -0.159. The highest BCUT2D eigenvalue weighted by atomic mass is 79.9. The molecular formula is C13H18BrN3O2S. The van der Waals surface area contributed by atoms with Gasteiger partial charge in [0.25, 0.3) is 0 Å². The molecule has 1 spiro atoms. The number of amides is 1. The Morgan fingerprint density at radius 1 is 1.40 bits per heavy atom. The van der Waals surface area contributed by atoms with Crippen molar-refractivity contribution in [2.24, 2.45) is 5.41 Å². The Morgan fingerprint density at radius 3 is 2.55 bits per heavy atom. The zero-order valence-electron chi connectivity index (χ0n) is 11.9. The van der Waals surface area contributed by atoms with Crippen LogP contribution in [0.1, 0.15) is 20.8 Å². The molecule has 2 fully saturated rings. The van der Waals surface area contributed by atoms with Crippen LogP contribution in [0.25, 0.3) is 0 Å². The lowest BCUT2D eigenvalue weighted by molar-refractivity contribution is -0.0453. The number of aromatic nitrogens is 1. The summed E-state index contributed by atoms with van der Waals surface area (Å²) in [5.74, 6) is 0. The molecule has 3 rings (SSSR count). The Kier molecular flexibility index (Phi) is 3.25. The summed E-state index contributed by atoms with van der Waals surface area (Å²) in [6, 6.07) is 0. The predicted octanol–water partition coefficient (Wildman–Crippen LogP) is 2.96. The first-order valence-electron chi connectivity index (χ1n) is 6.61. The summed E-state index contributed by atoms with van der Waals surface area (Å²) in [6.45, 7) is 9.23. The van der Waals surface area contributed by atoms with Gasteiger partial charge in [0.05, 0.1) is 9.98 Å². The second-order valence-electron chi connectivity index (χ2n) is 6.64. The molecule has 1 aromatic rings. The Balaban J connectivity index is 1.49. The number of hydrogen-bond acceptors (Lipinski definition) is 5. The van der Waals surface area contributed by atoms with Crippen LogP contribution in [0, 0.1) is 5.41 Å². The average molecular weight is 360 g/mol. The van der Waals surface area contributed by atoms with Crippen molar-refractivity contribution >= 4 is 38.5 Å². The van der Waals surface area contributed by atoms with E-state index in [1.165, 1.54) is 0 Å². The Morgan fingerprint density at radius 2 is 2.05 bits per heavy atom. The van der Waals surface area contributed by atoms with Crippen LogP contribution in [-0.4, -0.2) is 47.8 Å². The molecule has 7 heteroatoms. The average Bonchev–Trinajstić information content (AvgIpc) is 2.57. The van der Waals surface area contributed by atoms with E-state index in [9.17, 15) is 4.79 Å². The first-order chi connectivity index (χ1) is 9.26. The van der Waals surface area contributed by atoms with E-state index in [1.54, 1.807) is 16.2 Å². The van der Waals surface area contributed by atoms with Crippen LogP contribution in [0.5, 0.6) is 0 Å². The van der Waals surface area contributed by atoms with Crippen molar-refractivity contribution in [1.29, 1.82) is 0 Å². The fourth-order valence-electron chi connectivity index (χ4n) is 2.71. The van der Waals surface area contributed by atoms with Crippen LogP contribution >= 0.6 is 27.3 Å². The van der Waals surface area contributed by atoms with Gasteiger partial charge in [-0.1, -0.05) is 11.3 Å². The Hall–Kier alpha value is -0.820. The number of rotatable bonds is 1. The van der Waals surface area contributed by atoms with Crippen molar-refractivity contribution in [2.45, 2.75) is 26.4 Å². The number of nitrogens with zero attached hydrogens (tertiary/aromatic N) is 3. The van der Waals surface area contributed by atoms with Crippen LogP contribution in [0.4, 0.5) is 9.93 Å². The first-order valence-corrected chi connectivity index (χ1v) is 8.22. The van der Waals surface area contributed by atoms with E-state index in [4.69, 9.17) is 4.74 Å². The third-order valence-electron chi connectivity index (χ3n) is 3.49. The lowest BCUT2D eigenvalue weighted by atomic mass is 9.73. The van der Waals surface area contributed by atoms with Gasteiger partial charge >= 0.3 is 6.09 Å². The van der Waals surface area contributed by atoms with Gasteiger partial charge in [0.1, 0.15) is 5.60 Å². The maximum atomic E-state index is 11.9. The Bertz CT molecular complexity index is 526. The number of halogens is 1. The van der Waals surface area contributed by atoms with Gasteiger partial charge in [0.15, 0.2) is 5.13 Å². The zero-order valence-corrected chi connectivity index (χ0v) is 14.3. The minimum Gasteiger partial charge on any atom is -0.444 e. The molecule has 0 aromatic carbocycles. The molecule has 2 saturated heterocycles. The van der Waals surface area contributed by atoms with Gasteiger partial charge in [-0.3, -0.25) is 0 Å². The topological polar surface area (TPSA) is 45.7 Å². The van der Waals surface area contributed by atoms with Gasteiger partial charge in [-0.05, 0) is 36.7 Å². The summed E-state index contributed by atoms with van der Waals surface area (Å²) >= 11 is 5.08. The van der Waals surface area contributed by atoms with Crippen LogP contribution in [0.15, 0.2) is 9.98 Å². The monoisotopic (exact) mass is 359 g/mol. The fraction of sp³-hybridized carbons (Fsp3) is 0.692. The molecule has 3 heterocycles. The standard InChI is InChI=1S/C13H18BrN3O2S/c1-12(2,3)19-11(18)17-7-13(8-17)5-16(6-13)10-15-4-9(14)20-10/h4H,5-8H2,1-3H3. The van der Waals surface area contributed by atoms with Gasteiger partial charge in [-0.2, -0.15) is 0 Å². The van der Waals surface area contributed by atoms with Crippen LogP contribution < -0.4 is 4.90 Å². The third kappa shape index (κ3) is 2.65. The summed E-state index contributed by atoms with van der Waals surface area (Å²) in [4.78, 5) is 20.3. The minimum absolute atomic E-state index is 0.196. The van der Waals surface area contributed by atoms with E-state index < -0.39 is 5.60 Å². The molecule has 110 valence electrons. The number of anilines is 1. The van der Waals surface area contributed by atoms with Gasteiger partial charge in [-0.15, -0.1) is 0 Å². The van der Waals surface area contributed by atoms with E-state index in [-0.39, 0.29) is 11.5 Å². The molecule has 1 amide bonds. The number of carbonyl (C=O) groups is 1. The van der Waals surface area contributed by atoms with E-state index in [0.717, 1.165) is 35.1 Å². The first kappa shape index (κ1) is 14.1. The normalized spacial score (nSPS) is 20.6. The van der Waals surface area contributed by atoms with E-state index in [1.807, 2.05) is 27.0 Å². The molecule has 20 heavy (non-hydrogen) atoms. The SMILES string of the molecule is CC(C)(C)OC(=O)N1CC2(C1)CN(c1ncc(Br)s1)C2. The quantitative estimate of drug-likeness (QED) is 0.773. The lowest BCUT2D eigenvalue weighted by Crippen LogP contribution is -2.73. The summed E-state index contributed by atoms with van der Waals surface area (Å²) in [5, 5.41) is 1.05. The highest BCUT2D eigenvalue weighted by Crippen LogP contribution is 2.43. The second-order valence-corrected chi connectivity index (χ2v) is 9.03.